The SMILES string of the molecule is COc1cc(F)c([C@@H]2CN(c3cccn(CC(F)F)c3=O)C(=O)[C@H]2NC(=O)c2ccc(C#N)cc2)c(F)c1. The third kappa shape index (κ3) is 5.08. The molecule has 1 saturated heterocycles. The lowest BCUT2D eigenvalue weighted by Crippen LogP contribution is -2.44. The number of hydrogen-bond acceptors (Lipinski definition) is 5. The average Bonchev–Trinajstić information content (AvgIpc) is 3.19. The van der Waals surface area contributed by atoms with Gasteiger partial charge in [0.1, 0.15) is 29.1 Å². The molecule has 0 aliphatic carbocycles. The first kappa shape index (κ1) is 26.4. The number of halogens is 4. The molecule has 196 valence electrons. The molecule has 2 amide bonds. The maximum atomic E-state index is 15.1. The third-order valence-electron chi connectivity index (χ3n) is 6.16. The summed E-state index contributed by atoms with van der Waals surface area (Å²) in [6.07, 6.45) is -1.71. The molecular formula is C26H20F4N4O4. The quantitative estimate of drug-likeness (QED) is 0.475. The van der Waals surface area contributed by atoms with Crippen molar-refractivity contribution in [2.45, 2.75) is 24.9 Å². The molecule has 0 unspecified atom stereocenters. The van der Waals surface area contributed by atoms with E-state index in [9.17, 15) is 23.2 Å². The van der Waals surface area contributed by atoms with Crippen molar-refractivity contribution < 1.29 is 31.9 Å². The van der Waals surface area contributed by atoms with Crippen LogP contribution in [0.4, 0.5) is 23.2 Å². The number of ether oxygens (including phenoxy) is 1. The van der Waals surface area contributed by atoms with Crippen molar-refractivity contribution in [3.05, 3.63) is 93.4 Å². The van der Waals surface area contributed by atoms with Gasteiger partial charge in [0.25, 0.3) is 17.9 Å². The van der Waals surface area contributed by atoms with E-state index in [0.717, 1.165) is 27.8 Å². The van der Waals surface area contributed by atoms with Gasteiger partial charge in [0.05, 0.1) is 25.3 Å². The van der Waals surface area contributed by atoms with Crippen LogP contribution in [0.15, 0.2) is 59.5 Å². The van der Waals surface area contributed by atoms with Gasteiger partial charge in [-0.25, -0.2) is 17.6 Å². The molecule has 12 heteroatoms. The zero-order valence-corrected chi connectivity index (χ0v) is 19.8. The minimum Gasteiger partial charge on any atom is -0.497 e. The minimum absolute atomic E-state index is 0.0728. The van der Waals surface area contributed by atoms with E-state index in [0.29, 0.717) is 0 Å². The number of nitrogens with one attached hydrogen (secondary N) is 1. The molecule has 2 atom stereocenters. The molecule has 38 heavy (non-hydrogen) atoms. The first-order chi connectivity index (χ1) is 18.1. The van der Waals surface area contributed by atoms with E-state index in [-0.39, 0.29) is 22.6 Å². The van der Waals surface area contributed by atoms with Gasteiger partial charge >= 0.3 is 0 Å². The summed E-state index contributed by atoms with van der Waals surface area (Å²) in [6, 6.07) is 10.2. The van der Waals surface area contributed by atoms with Gasteiger partial charge in [-0.1, -0.05) is 0 Å². The number of carbonyl (C=O) groups excluding carboxylic acids is 2. The lowest BCUT2D eigenvalue weighted by Gasteiger charge is -2.20. The fourth-order valence-corrected chi connectivity index (χ4v) is 4.35. The molecule has 1 fully saturated rings. The number of benzene rings is 2. The van der Waals surface area contributed by atoms with Crippen molar-refractivity contribution in [3.63, 3.8) is 0 Å². The molecular weight excluding hydrogens is 508 g/mol. The van der Waals surface area contributed by atoms with E-state index in [2.05, 4.69) is 5.32 Å². The molecule has 0 radical (unpaired) electrons. The van der Waals surface area contributed by atoms with Crippen LogP contribution in [0, 0.1) is 23.0 Å². The van der Waals surface area contributed by atoms with Gasteiger partial charge in [-0.15, -0.1) is 0 Å². The second-order valence-corrected chi connectivity index (χ2v) is 8.44. The molecule has 2 aromatic carbocycles. The topological polar surface area (TPSA) is 104 Å². The highest BCUT2D eigenvalue weighted by atomic mass is 19.3. The van der Waals surface area contributed by atoms with Crippen molar-refractivity contribution >= 4 is 17.5 Å². The summed E-state index contributed by atoms with van der Waals surface area (Å²) in [7, 11) is 1.22. The molecule has 1 aliphatic heterocycles. The summed E-state index contributed by atoms with van der Waals surface area (Å²) in [4.78, 5) is 40.2. The monoisotopic (exact) mass is 528 g/mol. The fourth-order valence-electron chi connectivity index (χ4n) is 4.35. The Bertz CT molecular complexity index is 1460. The van der Waals surface area contributed by atoms with Crippen molar-refractivity contribution in [3.8, 4) is 11.8 Å². The Morgan fingerprint density at radius 2 is 1.82 bits per heavy atom. The van der Waals surface area contributed by atoms with Gasteiger partial charge in [0.15, 0.2) is 0 Å². The van der Waals surface area contributed by atoms with Crippen molar-refractivity contribution in [2.24, 2.45) is 0 Å². The van der Waals surface area contributed by atoms with E-state index >= 15 is 8.78 Å². The largest absolute Gasteiger partial charge is 0.497 e. The number of alkyl halides is 2. The van der Waals surface area contributed by atoms with Gasteiger partial charge in [-0.2, -0.15) is 5.26 Å². The molecule has 3 aromatic rings. The summed E-state index contributed by atoms with van der Waals surface area (Å²) in [6.45, 7) is -1.34. The first-order valence-electron chi connectivity index (χ1n) is 11.3. The van der Waals surface area contributed by atoms with Gasteiger partial charge < -0.3 is 19.5 Å². The Morgan fingerprint density at radius 1 is 1.16 bits per heavy atom. The molecule has 0 saturated carbocycles. The van der Waals surface area contributed by atoms with Gasteiger partial charge in [-0.05, 0) is 36.4 Å². The van der Waals surface area contributed by atoms with E-state index < -0.39 is 66.0 Å². The second-order valence-electron chi connectivity index (χ2n) is 8.44. The van der Waals surface area contributed by atoms with Crippen LogP contribution in [-0.2, 0) is 11.3 Å². The average molecular weight is 528 g/mol. The molecule has 1 aromatic heterocycles. The first-order valence-corrected chi connectivity index (χ1v) is 11.3. The third-order valence-corrected chi connectivity index (χ3v) is 6.16. The highest BCUT2D eigenvalue weighted by Gasteiger charge is 2.46. The minimum atomic E-state index is -2.84. The molecule has 1 N–H and O–H groups in total. The van der Waals surface area contributed by atoms with E-state index in [1.807, 2.05) is 6.07 Å². The van der Waals surface area contributed by atoms with Gasteiger partial charge in [-0.3, -0.25) is 14.4 Å². The predicted molar refractivity (Wildman–Crippen MR) is 127 cm³/mol. The van der Waals surface area contributed by atoms with Crippen LogP contribution in [0.2, 0.25) is 0 Å². The number of carbonyl (C=O) groups is 2. The summed E-state index contributed by atoms with van der Waals surface area (Å²) in [5.41, 5.74) is -1.35. The molecule has 0 bridgehead atoms. The summed E-state index contributed by atoms with van der Waals surface area (Å²) in [5.74, 6) is -5.11. The maximum absolute atomic E-state index is 15.1. The standard InChI is InChI=1S/C26H20F4N4O4/c1-38-16-9-18(27)22(19(28)10-16)17-12-34(20-3-2-8-33(25(20)36)13-21(29)30)26(37)23(17)32-24(35)15-6-4-14(11-31)5-7-15/h2-10,17,21,23H,12-13H2,1H3,(H,32,35)/t17-,23-/m0/s1. The van der Waals surface area contributed by atoms with E-state index in [1.165, 1.54) is 43.5 Å². The second kappa shape index (κ2) is 10.8. The molecule has 8 nitrogen and oxygen atoms in total. The van der Waals surface area contributed by atoms with Crippen LogP contribution in [0.1, 0.15) is 27.4 Å². The lowest BCUT2D eigenvalue weighted by atomic mass is 9.92. The Morgan fingerprint density at radius 3 is 2.39 bits per heavy atom. The lowest BCUT2D eigenvalue weighted by molar-refractivity contribution is -0.118. The molecule has 1 aliphatic rings. The number of aromatic nitrogens is 1. The van der Waals surface area contributed by atoms with E-state index in [1.54, 1.807) is 0 Å². The molecule has 2 heterocycles. The number of nitrogens with zero attached hydrogens (tertiary/aromatic N) is 3. The van der Waals surface area contributed by atoms with Crippen LogP contribution in [0.3, 0.4) is 0 Å². The fraction of sp³-hybridized carbons (Fsp3) is 0.231. The summed E-state index contributed by atoms with van der Waals surface area (Å²) < 4.78 is 61.6. The van der Waals surface area contributed by atoms with Crippen LogP contribution in [0.5, 0.6) is 5.75 Å². The van der Waals surface area contributed by atoms with Crippen LogP contribution in [-0.4, -0.2) is 42.5 Å². The number of amides is 2. The normalized spacial score (nSPS) is 17.0. The van der Waals surface area contributed by atoms with E-state index in [4.69, 9.17) is 10.00 Å². The van der Waals surface area contributed by atoms with Crippen molar-refractivity contribution in [1.82, 2.24) is 9.88 Å². The zero-order chi connectivity index (χ0) is 27.6. The number of anilines is 1. The molecule has 4 rings (SSSR count). The number of hydrogen-bond donors (Lipinski definition) is 1. The Kier molecular flexibility index (Phi) is 7.47. The number of rotatable bonds is 7. The Labute approximate surface area is 213 Å². The van der Waals surface area contributed by atoms with Crippen molar-refractivity contribution in [2.75, 3.05) is 18.6 Å². The molecule has 0 spiro atoms. The van der Waals surface area contributed by atoms with Gasteiger partial charge in [0, 0.05) is 41.9 Å². The highest BCUT2D eigenvalue weighted by Crippen LogP contribution is 2.36. The number of methoxy groups -OCH3 is 1. The maximum Gasteiger partial charge on any atom is 0.274 e. The van der Waals surface area contributed by atoms with Gasteiger partial charge in [0.2, 0.25) is 5.91 Å². The highest BCUT2D eigenvalue weighted by molar-refractivity contribution is 6.05. The number of nitriles is 1. The van der Waals surface area contributed by atoms with Crippen LogP contribution in [0.25, 0.3) is 0 Å². The summed E-state index contributed by atoms with van der Waals surface area (Å²) >= 11 is 0. The van der Waals surface area contributed by atoms with Crippen molar-refractivity contribution in [1.29, 1.82) is 5.26 Å². The zero-order valence-electron chi connectivity index (χ0n) is 19.8. The predicted octanol–water partition coefficient (Wildman–Crippen LogP) is 3.20. The Hall–Kier alpha value is -4.66. The van der Waals surface area contributed by atoms with Crippen LogP contribution >= 0.6 is 0 Å². The number of pyridine rings is 1. The Balaban J connectivity index is 1.76. The summed E-state index contributed by atoms with van der Waals surface area (Å²) in [5, 5.41) is 11.4. The van der Waals surface area contributed by atoms with Crippen LogP contribution < -0.4 is 20.5 Å². The smallest absolute Gasteiger partial charge is 0.274 e.